The number of nitrogens with one attached hydrogen (secondary N) is 4. The molecule has 2 saturated heterocycles. The minimum absolute atomic E-state index is 0.0192. The van der Waals surface area contributed by atoms with Crippen molar-refractivity contribution in [3.05, 3.63) is 70.4 Å². The van der Waals surface area contributed by atoms with Crippen LogP contribution in [0.5, 0.6) is 0 Å². The molecule has 57 heavy (non-hydrogen) atoms. The van der Waals surface area contributed by atoms with Crippen LogP contribution in [0.4, 0.5) is 5.69 Å². The Balaban J connectivity index is 0.971. The predicted molar refractivity (Wildman–Crippen MR) is 212 cm³/mol. The van der Waals surface area contributed by atoms with E-state index in [4.69, 9.17) is 0 Å². The number of piperidine rings is 1. The van der Waals surface area contributed by atoms with Crippen molar-refractivity contribution in [3.63, 3.8) is 0 Å². The van der Waals surface area contributed by atoms with Gasteiger partial charge in [-0.05, 0) is 54.9 Å². The van der Waals surface area contributed by atoms with Crippen molar-refractivity contribution in [2.75, 3.05) is 18.4 Å². The zero-order chi connectivity index (χ0) is 41.0. The zero-order valence-corrected chi connectivity index (χ0v) is 33.4. The van der Waals surface area contributed by atoms with Crippen molar-refractivity contribution in [1.82, 2.24) is 30.7 Å². The van der Waals surface area contributed by atoms with Crippen molar-refractivity contribution in [1.29, 1.82) is 0 Å². The summed E-state index contributed by atoms with van der Waals surface area (Å²) in [5.74, 6) is -3.40. The van der Waals surface area contributed by atoms with E-state index >= 15 is 0 Å². The number of rotatable bonds is 14. The molecule has 0 aliphatic carbocycles. The third-order valence-corrected chi connectivity index (χ3v) is 11.6. The van der Waals surface area contributed by atoms with Crippen LogP contribution in [0, 0.1) is 12.3 Å². The summed E-state index contributed by atoms with van der Waals surface area (Å²) in [4.78, 5) is 98.8. The number of aliphatic hydroxyl groups excluding tert-OH is 1. The molecule has 0 saturated carbocycles. The summed E-state index contributed by atoms with van der Waals surface area (Å²) in [6, 6.07) is 9.83. The van der Waals surface area contributed by atoms with E-state index in [1.807, 2.05) is 52.0 Å². The number of hydrogen-bond donors (Lipinski definition) is 5. The molecule has 4 atom stereocenters. The number of fused-ring (bicyclic) bond motifs is 1. The quantitative estimate of drug-likeness (QED) is 0.119. The number of hydrogen-bond acceptors (Lipinski definition) is 11. The fourth-order valence-corrected chi connectivity index (χ4v) is 8.30. The van der Waals surface area contributed by atoms with Gasteiger partial charge in [-0.15, -0.1) is 11.3 Å². The number of nitrogens with zero attached hydrogens (tertiary/aromatic N) is 3. The summed E-state index contributed by atoms with van der Waals surface area (Å²) in [5.41, 5.74) is 4.83. The summed E-state index contributed by atoms with van der Waals surface area (Å²) in [6.45, 7) is 8.14. The van der Waals surface area contributed by atoms with Gasteiger partial charge in [0, 0.05) is 44.6 Å². The lowest BCUT2D eigenvalue weighted by atomic mass is 9.85. The first-order valence-corrected chi connectivity index (χ1v) is 20.2. The number of imide groups is 2. The van der Waals surface area contributed by atoms with Crippen molar-refractivity contribution < 1.29 is 38.7 Å². The van der Waals surface area contributed by atoms with E-state index in [-0.39, 0.29) is 61.7 Å². The van der Waals surface area contributed by atoms with Crippen LogP contribution in [0.3, 0.4) is 0 Å². The minimum atomic E-state index is -1.05. The van der Waals surface area contributed by atoms with E-state index < -0.39 is 59.2 Å². The Bertz CT molecular complexity index is 2060. The Hall–Kier alpha value is -5.48. The summed E-state index contributed by atoms with van der Waals surface area (Å²) in [5, 5.41) is 21.8. The van der Waals surface area contributed by atoms with Crippen molar-refractivity contribution >= 4 is 58.4 Å². The van der Waals surface area contributed by atoms with E-state index in [9.17, 15) is 38.7 Å². The lowest BCUT2D eigenvalue weighted by Crippen LogP contribution is -2.57. The number of thiazole rings is 1. The second-order valence-electron chi connectivity index (χ2n) is 15.9. The number of benzene rings is 2. The molecule has 7 amide bonds. The number of amides is 7. The van der Waals surface area contributed by atoms with Gasteiger partial charge in [0.2, 0.25) is 29.5 Å². The average Bonchev–Trinajstić information content (AvgIpc) is 3.85. The highest BCUT2D eigenvalue weighted by Gasteiger charge is 2.46. The van der Waals surface area contributed by atoms with Crippen LogP contribution in [0.15, 0.2) is 48.0 Å². The lowest BCUT2D eigenvalue weighted by molar-refractivity contribution is -0.144. The number of unbranched alkanes of at least 4 members (excludes halogenated alkanes) is 2. The van der Waals surface area contributed by atoms with Gasteiger partial charge in [0.05, 0.1) is 33.3 Å². The Morgan fingerprint density at radius 2 is 1.77 bits per heavy atom. The fourth-order valence-electron chi connectivity index (χ4n) is 7.49. The largest absolute Gasteiger partial charge is 0.391 e. The van der Waals surface area contributed by atoms with E-state index in [1.54, 1.807) is 29.0 Å². The monoisotopic (exact) mass is 799 g/mol. The Morgan fingerprint density at radius 1 is 1.02 bits per heavy atom. The van der Waals surface area contributed by atoms with Gasteiger partial charge in [0.15, 0.2) is 0 Å². The van der Waals surface area contributed by atoms with Crippen molar-refractivity contribution in [2.24, 2.45) is 5.41 Å². The highest BCUT2D eigenvalue weighted by molar-refractivity contribution is 7.13. The topological polar surface area (TPSA) is 207 Å². The molecule has 5 N–H and O–H groups in total. The van der Waals surface area contributed by atoms with Crippen LogP contribution in [0.25, 0.3) is 10.4 Å². The molecule has 3 aliphatic heterocycles. The third-order valence-electron chi connectivity index (χ3n) is 10.6. The van der Waals surface area contributed by atoms with Crippen LogP contribution in [0.1, 0.15) is 97.7 Å². The second-order valence-corrected chi connectivity index (χ2v) is 16.7. The molecule has 16 heteroatoms. The summed E-state index contributed by atoms with van der Waals surface area (Å²) in [6.07, 6.45) is 1.27. The summed E-state index contributed by atoms with van der Waals surface area (Å²) < 4.78 is 0. The standard InChI is InChI=1S/C41H49N7O8S/c1-23-34(57-22-44-23)25-14-12-24(13-15-25)20-43-36(52)30-19-26(49)21-47(30)40(56)35(41(2,3)4)45-31(50)11-6-5-7-18-42-28-10-8-9-27-33(28)39(55)48(38(27)54)29-16-17-32(51)46-37(29)53/h8-10,12-15,22,26,29-30,35,42,49H,5-7,11,16-21H2,1-4H3,(H,43,52)(H,45,50)(H,46,51,53)/t26-,29?,30+,35-/m1/s1. The molecule has 4 heterocycles. The van der Waals surface area contributed by atoms with Gasteiger partial charge >= 0.3 is 0 Å². The maximum atomic E-state index is 14.0. The molecule has 3 aromatic rings. The molecular formula is C41H49N7O8S. The SMILES string of the molecule is Cc1ncsc1-c1ccc(CNC(=O)[C@@H]2C[C@@H](O)CN2C(=O)[C@@H](NC(=O)CCCCCNc2cccc3c2C(=O)N(C2CCC(=O)NC2=O)C3=O)C(C)(C)C)cc1. The maximum absolute atomic E-state index is 14.0. The summed E-state index contributed by atoms with van der Waals surface area (Å²) >= 11 is 1.56. The van der Waals surface area contributed by atoms with Gasteiger partial charge in [0.1, 0.15) is 18.1 Å². The average molecular weight is 800 g/mol. The van der Waals surface area contributed by atoms with Gasteiger partial charge in [-0.25, -0.2) is 4.98 Å². The highest BCUT2D eigenvalue weighted by atomic mass is 32.1. The normalized spacial score (nSPS) is 20.0. The Morgan fingerprint density at radius 3 is 2.46 bits per heavy atom. The van der Waals surface area contributed by atoms with Gasteiger partial charge in [-0.1, -0.05) is 57.5 Å². The van der Waals surface area contributed by atoms with Crippen LogP contribution in [-0.2, 0) is 30.5 Å². The maximum Gasteiger partial charge on any atom is 0.264 e. The second kappa shape index (κ2) is 17.3. The zero-order valence-electron chi connectivity index (χ0n) is 32.6. The number of aromatic nitrogens is 1. The van der Waals surface area contributed by atoms with Crippen molar-refractivity contribution in [3.8, 4) is 10.4 Å². The van der Waals surface area contributed by atoms with E-state index in [0.29, 0.717) is 31.5 Å². The smallest absolute Gasteiger partial charge is 0.264 e. The third kappa shape index (κ3) is 9.23. The number of carbonyl (C=O) groups is 7. The molecule has 3 aliphatic rings. The first-order chi connectivity index (χ1) is 27.1. The predicted octanol–water partition coefficient (Wildman–Crippen LogP) is 3.30. The van der Waals surface area contributed by atoms with E-state index in [1.165, 1.54) is 11.0 Å². The number of aliphatic hydroxyl groups is 1. The van der Waals surface area contributed by atoms with E-state index in [2.05, 4.69) is 26.3 Å². The molecule has 15 nitrogen and oxygen atoms in total. The first kappa shape index (κ1) is 41.2. The van der Waals surface area contributed by atoms with Crippen LogP contribution in [0.2, 0.25) is 0 Å². The van der Waals surface area contributed by atoms with Crippen LogP contribution in [-0.4, -0.2) is 98.6 Å². The van der Waals surface area contributed by atoms with Crippen LogP contribution >= 0.6 is 11.3 Å². The molecule has 0 radical (unpaired) electrons. The highest BCUT2D eigenvalue weighted by Crippen LogP contribution is 2.33. The fraction of sp³-hybridized carbons (Fsp3) is 0.463. The molecule has 0 spiro atoms. The number of carbonyl (C=O) groups excluding carboxylic acids is 7. The summed E-state index contributed by atoms with van der Waals surface area (Å²) in [7, 11) is 0. The lowest BCUT2D eigenvalue weighted by Gasteiger charge is -2.35. The number of aryl methyl sites for hydroxylation is 1. The van der Waals surface area contributed by atoms with Gasteiger partial charge in [0.25, 0.3) is 11.8 Å². The Labute approximate surface area is 335 Å². The van der Waals surface area contributed by atoms with Crippen LogP contribution < -0.4 is 21.3 Å². The van der Waals surface area contributed by atoms with E-state index in [0.717, 1.165) is 26.6 Å². The molecule has 1 aromatic heterocycles. The molecule has 0 bridgehead atoms. The molecule has 1 unspecified atom stereocenters. The molecule has 6 rings (SSSR count). The van der Waals surface area contributed by atoms with Crippen molar-refractivity contribution in [2.45, 2.75) is 103 Å². The van der Waals surface area contributed by atoms with Gasteiger partial charge in [-0.2, -0.15) is 0 Å². The number of likely N-dealkylation sites (tertiary alicyclic amines) is 1. The van der Waals surface area contributed by atoms with Gasteiger partial charge < -0.3 is 26.0 Å². The first-order valence-electron chi connectivity index (χ1n) is 19.3. The number of β-amino-alcohol motifs (C(OH)–C–C–N with tert-alkyl or cyclic N) is 1. The Kier molecular flexibility index (Phi) is 12.5. The minimum Gasteiger partial charge on any atom is -0.391 e. The molecule has 2 aromatic carbocycles. The molecular weight excluding hydrogens is 751 g/mol. The molecule has 2 fully saturated rings. The number of anilines is 1. The molecule has 302 valence electrons. The van der Waals surface area contributed by atoms with Gasteiger partial charge in [-0.3, -0.25) is 43.8 Å².